The second-order valence-electron chi connectivity index (χ2n) is 5.14. The highest BCUT2D eigenvalue weighted by atomic mass is 28.4. The molecule has 1 unspecified atom stereocenters. The van der Waals surface area contributed by atoms with Crippen LogP contribution in [0.3, 0.4) is 0 Å². The molecule has 88 valence electrons. The predicted octanol–water partition coefficient (Wildman–Crippen LogP) is 2.41. The highest BCUT2D eigenvalue weighted by Crippen LogP contribution is 2.10. The van der Waals surface area contributed by atoms with Crippen molar-refractivity contribution < 1.29 is 14.0 Å². The fourth-order valence-corrected chi connectivity index (χ4v) is 2.31. The summed E-state index contributed by atoms with van der Waals surface area (Å²) in [5.41, 5.74) is 0. The molecule has 0 bridgehead atoms. The summed E-state index contributed by atoms with van der Waals surface area (Å²) in [7, 11) is -1.69. The van der Waals surface area contributed by atoms with Crippen LogP contribution in [0.1, 0.15) is 27.2 Å². The lowest BCUT2D eigenvalue weighted by atomic mass is 10.0. The molecule has 0 heterocycles. The van der Waals surface area contributed by atoms with Gasteiger partial charge >= 0.3 is 0 Å². The van der Waals surface area contributed by atoms with E-state index in [0.717, 1.165) is 0 Å². The van der Waals surface area contributed by atoms with Crippen LogP contribution in [0.4, 0.5) is 0 Å². The average Bonchev–Trinajstić information content (AvgIpc) is 2.00. The van der Waals surface area contributed by atoms with Gasteiger partial charge in [-0.25, -0.2) is 0 Å². The van der Waals surface area contributed by atoms with E-state index in [1.54, 1.807) is 20.8 Å². The fraction of sp³-hybridized carbons (Fsp3) is 0.818. The van der Waals surface area contributed by atoms with E-state index < -0.39 is 14.4 Å². The van der Waals surface area contributed by atoms with Gasteiger partial charge in [0.05, 0.1) is 6.42 Å². The third-order valence-corrected chi connectivity index (χ3v) is 3.04. The number of rotatable bonds is 6. The van der Waals surface area contributed by atoms with Gasteiger partial charge in [0, 0.05) is 5.92 Å². The van der Waals surface area contributed by atoms with Crippen LogP contribution in [0, 0.1) is 5.92 Å². The standard InChI is InChI=1S/C11H22O3Si/c1-8(2)10(12)7-11(13)9(3)14-15(4,5)6/h8-9H,7H2,1-6H3. The molecule has 0 aliphatic carbocycles. The van der Waals surface area contributed by atoms with Crippen LogP contribution in [0.2, 0.25) is 19.6 Å². The Morgan fingerprint density at radius 1 is 1.07 bits per heavy atom. The van der Waals surface area contributed by atoms with Crippen molar-refractivity contribution in [1.29, 1.82) is 0 Å². The molecule has 0 radical (unpaired) electrons. The molecule has 0 spiro atoms. The topological polar surface area (TPSA) is 43.4 Å². The minimum Gasteiger partial charge on any atom is -0.408 e. The van der Waals surface area contributed by atoms with Gasteiger partial charge in [0.2, 0.25) is 0 Å². The van der Waals surface area contributed by atoms with Crippen molar-refractivity contribution in [1.82, 2.24) is 0 Å². The Balaban J connectivity index is 4.17. The molecule has 0 saturated heterocycles. The van der Waals surface area contributed by atoms with Gasteiger partial charge in [-0.05, 0) is 26.6 Å². The molecule has 0 rings (SSSR count). The highest BCUT2D eigenvalue weighted by molar-refractivity contribution is 6.69. The number of carbonyl (C=O) groups excluding carboxylic acids is 2. The van der Waals surface area contributed by atoms with E-state index in [9.17, 15) is 9.59 Å². The van der Waals surface area contributed by atoms with Gasteiger partial charge < -0.3 is 4.43 Å². The summed E-state index contributed by atoms with van der Waals surface area (Å²) in [6.07, 6.45) is -0.442. The maximum atomic E-state index is 11.6. The van der Waals surface area contributed by atoms with E-state index in [-0.39, 0.29) is 23.9 Å². The lowest BCUT2D eigenvalue weighted by Crippen LogP contribution is -2.35. The van der Waals surface area contributed by atoms with Gasteiger partial charge in [-0.15, -0.1) is 0 Å². The van der Waals surface area contributed by atoms with Crippen LogP contribution in [0.25, 0.3) is 0 Å². The molecule has 0 aromatic heterocycles. The first-order chi connectivity index (χ1) is 6.63. The Morgan fingerprint density at radius 3 is 1.87 bits per heavy atom. The van der Waals surface area contributed by atoms with Gasteiger partial charge in [-0.2, -0.15) is 0 Å². The summed E-state index contributed by atoms with van der Waals surface area (Å²) in [4.78, 5) is 23.0. The molecule has 0 aliphatic heterocycles. The lowest BCUT2D eigenvalue weighted by Gasteiger charge is -2.22. The summed E-state index contributed by atoms with van der Waals surface area (Å²) in [6, 6.07) is 0. The van der Waals surface area contributed by atoms with Crippen LogP contribution in [0.15, 0.2) is 0 Å². The maximum Gasteiger partial charge on any atom is 0.184 e. The zero-order valence-corrected chi connectivity index (χ0v) is 11.6. The smallest absolute Gasteiger partial charge is 0.184 e. The number of Topliss-reactive ketones (excluding diaryl/α,β-unsaturated/α-hetero) is 2. The minimum atomic E-state index is -1.69. The SMILES string of the molecule is CC(C)C(=O)CC(=O)C(C)O[Si](C)(C)C. The monoisotopic (exact) mass is 230 g/mol. The second-order valence-corrected chi connectivity index (χ2v) is 9.60. The molecule has 0 saturated carbocycles. The molecule has 0 fully saturated rings. The number of ketones is 2. The minimum absolute atomic E-state index is 0.00329. The Hall–Kier alpha value is -0.483. The zero-order chi connectivity index (χ0) is 12.2. The molecular formula is C11H22O3Si. The van der Waals surface area contributed by atoms with Crippen LogP contribution in [0.5, 0.6) is 0 Å². The van der Waals surface area contributed by atoms with Crippen molar-refractivity contribution in [2.24, 2.45) is 5.92 Å². The Kier molecular flexibility index (Phi) is 5.38. The van der Waals surface area contributed by atoms with Crippen molar-refractivity contribution in [2.75, 3.05) is 0 Å². The maximum absolute atomic E-state index is 11.6. The summed E-state index contributed by atoms with van der Waals surface area (Å²) in [5, 5.41) is 0. The quantitative estimate of drug-likeness (QED) is 0.520. The molecule has 0 amide bonds. The first-order valence-electron chi connectivity index (χ1n) is 5.36. The van der Waals surface area contributed by atoms with Gasteiger partial charge in [0.1, 0.15) is 11.9 Å². The Labute approximate surface area is 93.3 Å². The van der Waals surface area contributed by atoms with Crippen molar-refractivity contribution in [2.45, 2.75) is 52.9 Å². The molecule has 3 nitrogen and oxygen atoms in total. The number of hydrogen-bond acceptors (Lipinski definition) is 3. The largest absolute Gasteiger partial charge is 0.408 e. The third kappa shape index (κ3) is 6.57. The van der Waals surface area contributed by atoms with Crippen molar-refractivity contribution in [3.05, 3.63) is 0 Å². The summed E-state index contributed by atoms with van der Waals surface area (Å²) in [5.74, 6) is -0.185. The normalized spacial score (nSPS) is 14.1. The van der Waals surface area contributed by atoms with Crippen LogP contribution in [-0.4, -0.2) is 26.0 Å². The van der Waals surface area contributed by atoms with E-state index in [1.807, 2.05) is 19.6 Å². The third-order valence-electron chi connectivity index (χ3n) is 1.98. The summed E-state index contributed by atoms with van der Waals surface area (Å²) < 4.78 is 5.62. The summed E-state index contributed by atoms with van der Waals surface area (Å²) in [6.45, 7) is 11.4. The lowest BCUT2D eigenvalue weighted by molar-refractivity contribution is -0.132. The molecule has 1 atom stereocenters. The van der Waals surface area contributed by atoms with E-state index in [0.29, 0.717) is 0 Å². The van der Waals surface area contributed by atoms with Crippen LogP contribution in [-0.2, 0) is 14.0 Å². The molecule has 0 aromatic rings. The molecule has 0 aliphatic rings. The van der Waals surface area contributed by atoms with Crippen molar-refractivity contribution in [3.63, 3.8) is 0 Å². The molecular weight excluding hydrogens is 208 g/mol. The Morgan fingerprint density at radius 2 is 1.53 bits per heavy atom. The fourth-order valence-electron chi connectivity index (χ4n) is 1.12. The second kappa shape index (κ2) is 5.56. The van der Waals surface area contributed by atoms with E-state index >= 15 is 0 Å². The number of hydrogen-bond donors (Lipinski definition) is 0. The average molecular weight is 230 g/mol. The van der Waals surface area contributed by atoms with Gasteiger partial charge in [-0.1, -0.05) is 13.8 Å². The summed E-state index contributed by atoms with van der Waals surface area (Å²) >= 11 is 0. The van der Waals surface area contributed by atoms with Gasteiger partial charge in [-0.3, -0.25) is 9.59 Å². The first-order valence-corrected chi connectivity index (χ1v) is 8.77. The van der Waals surface area contributed by atoms with Crippen LogP contribution >= 0.6 is 0 Å². The Bertz CT molecular complexity index is 241. The van der Waals surface area contributed by atoms with Crippen molar-refractivity contribution >= 4 is 19.9 Å². The van der Waals surface area contributed by atoms with Crippen LogP contribution < -0.4 is 0 Å². The zero-order valence-electron chi connectivity index (χ0n) is 10.6. The van der Waals surface area contributed by atoms with E-state index in [4.69, 9.17) is 4.43 Å². The number of carbonyl (C=O) groups is 2. The predicted molar refractivity (Wildman–Crippen MR) is 63.4 cm³/mol. The molecule has 0 N–H and O–H groups in total. The van der Waals surface area contributed by atoms with Gasteiger partial charge in [0.25, 0.3) is 0 Å². The first kappa shape index (κ1) is 14.5. The molecule has 15 heavy (non-hydrogen) atoms. The highest BCUT2D eigenvalue weighted by Gasteiger charge is 2.24. The van der Waals surface area contributed by atoms with E-state index in [2.05, 4.69) is 0 Å². The van der Waals surface area contributed by atoms with E-state index in [1.165, 1.54) is 0 Å². The van der Waals surface area contributed by atoms with Crippen molar-refractivity contribution in [3.8, 4) is 0 Å². The molecule has 4 heteroatoms. The molecule has 0 aromatic carbocycles. The van der Waals surface area contributed by atoms with Gasteiger partial charge in [0.15, 0.2) is 14.1 Å².